The van der Waals surface area contributed by atoms with Crippen molar-refractivity contribution in [3.8, 4) is 0 Å². The zero-order chi connectivity index (χ0) is 8.48. The summed E-state index contributed by atoms with van der Waals surface area (Å²) in [5.74, 6) is -1.56. The third-order valence-corrected chi connectivity index (χ3v) is 2.15. The van der Waals surface area contributed by atoms with Gasteiger partial charge in [0.05, 0.1) is 5.97 Å². The molecule has 1 saturated heterocycles. The molecular weight excluding hydrogens is 156 g/mol. The van der Waals surface area contributed by atoms with Crippen molar-refractivity contribution in [3.63, 3.8) is 0 Å². The SMILES string of the molecule is CN1CCC(F)(C(=O)[O-])CC1.[Li+]. The number of likely N-dealkylation sites (tertiary alicyclic amines) is 1. The van der Waals surface area contributed by atoms with Crippen LogP contribution in [-0.4, -0.2) is 36.7 Å². The number of aliphatic carboxylic acids is 1. The zero-order valence-corrected chi connectivity index (χ0v) is 7.47. The second-order valence-corrected chi connectivity index (χ2v) is 3.06. The normalized spacial score (nSPS) is 22.8. The number of carbonyl (C=O) groups is 1. The van der Waals surface area contributed by atoms with E-state index in [1.807, 2.05) is 11.9 Å². The van der Waals surface area contributed by atoms with Crippen LogP contribution in [0.4, 0.5) is 4.39 Å². The molecule has 1 aliphatic heterocycles. The number of alkyl halides is 1. The molecule has 1 heterocycles. The van der Waals surface area contributed by atoms with E-state index in [0.717, 1.165) is 0 Å². The standard InChI is InChI=1S/C7H12FNO2.Li/c1-9-4-2-7(8,3-5-9)6(10)11;/h2-5H2,1H3,(H,10,11);/q;+1/p-1. The molecule has 0 spiro atoms. The Balaban J connectivity index is 0.00000121. The molecule has 12 heavy (non-hydrogen) atoms. The van der Waals surface area contributed by atoms with Crippen LogP contribution in [0.2, 0.25) is 0 Å². The molecule has 0 atom stereocenters. The number of hydrogen-bond acceptors (Lipinski definition) is 3. The van der Waals surface area contributed by atoms with Crippen LogP contribution in [0.5, 0.6) is 0 Å². The quantitative estimate of drug-likeness (QED) is 0.376. The molecule has 1 aliphatic rings. The summed E-state index contributed by atoms with van der Waals surface area (Å²) in [5.41, 5.74) is -2.08. The van der Waals surface area contributed by atoms with Gasteiger partial charge in [-0.2, -0.15) is 0 Å². The van der Waals surface area contributed by atoms with Gasteiger partial charge in [-0.05, 0) is 19.9 Å². The molecule has 3 nitrogen and oxygen atoms in total. The molecule has 0 aromatic heterocycles. The zero-order valence-electron chi connectivity index (χ0n) is 7.47. The number of carbonyl (C=O) groups excluding carboxylic acids is 1. The number of carboxylic acids is 1. The fourth-order valence-corrected chi connectivity index (χ4v) is 1.18. The van der Waals surface area contributed by atoms with Gasteiger partial charge in [0, 0.05) is 13.1 Å². The van der Waals surface area contributed by atoms with Crippen LogP contribution in [0.15, 0.2) is 0 Å². The molecule has 0 aromatic rings. The Morgan fingerprint density at radius 2 is 1.92 bits per heavy atom. The molecule has 0 bridgehead atoms. The molecule has 5 heteroatoms. The second-order valence-electron chi connectivity index (χ2n) is 3.06. The average molecular weight is 167 g/mol. The molecule has 0 amide bonds. The summed E-state index contributed by atoms with van der Waals surface area (Å²) in [7, 11) is 1.84. The number of piperidine rings is 1. The molecule has 0 aliphatic carbocycles. The van der Waals surface area contributed by atoms with Crippen molar-refractivity contribution in [2.45, 2.75) is 18.5 Å². The van der Waals surface area contributed by atoms with Gasteiger partial charge in [0.1, 0.15) is 0 Å². The number of hydrogen-bond donors (Lipinski definition) is 0. The maximum atomic E-state index is 13.2. The minimum absolute atomic E-state index is 0. The van der Waals surface area contributed by atoms with Gasteiger partial charge in [0.25, 0.3) is 0 Å². The Bertz CT molecular complexity index is 169. The van der Waals surface area contributed by atoms with E-state index in [1.165, 1.54) is 0 Å². The van der Waals surface area contributed by atoms with Crippen molar-refractivity contribution < 1.29 is 33.2 Å². The van der Waals surface area contributed by atoms with Gasteiger partial charge in [-0.15, -0.1) is 0 Å². The van der Waals surface area contributed by atoms with Gasteiger partial charge < -0.3 is 14.8 Å². The molecule has 0 aromatic carbocycles. The predicted molar refractivity (Wildman–Crippen MR) is 35.6 cm³/mol. The van der Waals surface area contributed by atoms with Crippen molar-refractivity contribution >= 4 is 5.97 Å². The number of nitrogens with zero attached hydrogens (tertiary/aromatic N) is 1. The molecule has 64 valence electrons. The molecule has 0 unspecified atom stereocenters. The topological polar surface area (TPSA) is 43.4 Å². The van der Waals surface area contributed by atoms with Gasteiger partial charge in [0.15, 0.2) is 5.67 Å². The van der Waals surface area contributed by atoms with E-state index < -0.39 is 11.6 Å². The van der Waals surface area contributed by atoms with E-state index in [-0.39, 0.29) is 31.7 Å². The summed E-state index contributed by atoms with van der Waals surface area (Å²) in [5, 5.41) is 10.3. The summed E-state index contributed by atoms with van der Waals surface area (Å²) < 4.78 is 13.2. The maximum Gasteiger partial charge on any atom is 1.00 e. The average Bonchev–Trinajstić information content (AvgIpc) is 1.95. The van der Waals surface area contributed by atoms with Crippen LogP contribution < -0.4 is 24.0 Å². The van der Waals surface area contributed by atoms with Gasteiger partial charge in [0.2, 0.25) is 0 Å². The van der Waals surface area contributed by atoms with Crippen molar-refractivity contribution in [3.05, 3.63) is 0 Å². The molecular formula is C7H11FLiNO2. The van der Waals surface area contributed by atoms with Gasteiger partial charge in [-0.3, -0.25) is 0 Å². The Kier molecular flexibility index (Phi) is 4.25. The first kappa shape index (κ1) is 12.0. The van der Waals surface area contributed by atoms with E-state index in [2.05, 4.69) is 0 Å². The van der Waals surface area contributed by atoms with Crippen LogP contribution in [0.25, 0.3) is 0 Å². The minimum Gasteiger partial charge on any atom is -0.547 e. The van der Waals surface area contributed by atoms with E-state index in [1.54, 1.807) is 0 Å². The molecule has 0 saturated carbocycles. The molecule has 0 radical (unpaired) electrons. The van der Waals surface area contributed by atoms with Gasteiger partial charge >= 0.3 is 18.9 Å². The summed E-state index contributed by atoms with van der Waals surface area (Å²) in [6.07, 6.45) is 0.0949. The number of halogens is 1. The summed E-state index contributed by atoms with van der Waals surface area (Å²) in [6.45, 7) is 0.981. The molecule has 0 N–H and O–H groups in total. The van der Waals surface area contributed by atoms with Crippen molar-refractivity contribution in [2.24, 2.45) is 0 Å². The van der Waals surface area contributed by atoms with Crippen LogP contribution in [0.1, 0.15) is 12.8 Å². The maximum absolute atomic E-state index is 13.2. The molecule has 1 fully saturated rings. The predicted octanol–water partition coefficient (Wildman–Crippen LogP) is -3.83. The van der Waals surface area contributed by atoms with Crippen molar-refractivity contribution in [2.75, 3.05) is 20.1 Å². The van der Waals surface area contributed by atoms with Crippen LogP contribution in [0.3, 0.4) is 0 Å². The summed E-state index contributed by atoms with van der Waals surface area (Å²) in [4.78, 5) is 12.2. The van der Waals surface area contributed by atoms with Crippen LogP contribution in [0, 0.1) is 0 Å². The largest absolute Gasteiger partial charge is 1.00 e. The first-order valence-electron chi connectivity index (χ1n) is 3.63. The van der Waals surface area contributed by atoms with Crippen molar-refractivity contribution in [1.29, 1.82) is 0 Å². The first-order valence-corrected chi connectivity index (χ1v) is 3.63. The number of rotatable bonds is 1. The smallest absolute Gasteiger partial charge is 0.547 e. The number of carboxylic acid groups (broad SMARTS) is 1. The Morgan fingerprint density at radius 1 is 1.50 bits per heavy atom. The second kappa shape index (κ2) is 4.27. The Labute approximate surface area is 83.1 Å². The van der Waals surface area contributed by atoms with E-state index in [0.29, 0.717) is 13.1 Å². The summed E-state index contributed by atoms with van der Waals surface area (Å²) in [6, 6.07) is 0. The fraction of sp³-hybridized carbons (Fsp3) is 0.857. The Morgan fingerprint density at radius 3 is 2.25 bits per heavy atom. The summed E-state index contributed by atoms with van der Waals surface area (Å²) >= 11 is 0. The first-order chi connectivity index (χ1) is 5.04. The van der Waals surface area contributed by atoms with Gasteiger partial charge in [-0.1, -0.05) is 0 Å². The van der Waals surface area contributed by atoms with Crippen LogP contribution >= 0.6 is 0 Å². The third kappa shape index (κ3) is 2.48. The third-order valence-electron chi connectivity index (χ3n) is 2.15. The Hall–Kier alpha value is -0.0426. The van der Waals surface area contributed by atoms with E-state index in [9.17, 15) is 14.3 Å². The van der Waals surface area contributed by atoms with E-state index >= 15 is 0 Å². The van der Waals surface area contributed by atoms with Gasteiger partial charge in [-0.25, -0.2) is 4.39 Å². The van der Waals surface area contributed by atoms with Crippen molar-refractivity contribution in [1.82, 2.24) is 4.90 Å². The molecule has 1 rings (SSSR count). The monoisotopic (exact) mass is 167 g/mol. The van der Waals surface area contributed by atoms with Crippen LogP contribution in [-0.2, 0) is 4.79 Å². The van der Waals surface area contributed by atoms with E-state index in [4.69, 9.17) is 0 Å². The minimum atomic E-state index is -2.08. The fourth-order valence-electron chi connectivity index (χ4n) is 1.18.